The van der Waals surface area contributed by atoms with Crippen LogP contribution in [0, 0.1) is 30.4 Å². The predicted molar refractivity (Wildman–Crippen MR) is 161 cm³/mol. The summed E-state index contributed by atoms with van der Waals surface area (Å²) in [6.45, 7) is 10.5. The third-order valence-corrected chi connectivity index (χ3v) is 9.74. The van der Waals surface area contributed by atoms with Gasteiger partial charge >= 0.3 is 0 Å². The first-order chi connectivity index (χ1) is 20.1. The number of hydrogen-bond acceptors (Lipinski definition) is 6. The molecule has 3 aliphatic heterocycles. The first-order valence-corrected chi connectivity index (χ1v) is 15.1. The Kier molecular flexibility index (Phi) is 7.72. The van der Waals surface area contributed by atoms with Crippen LogP contribution in [-0.4, -0.2) is 74.1 Å². The normalized spacial score (nSPS) is 22.8. The second-order valence-corrected chi connectivity index (χ2v) is 12.8. The van der Waals surface area contributed by atoms with Gasteiger partial charge in [0.1, 0.15) is 11.6 Å². The Morgan fingerprint density at radius 2 is 1.86 bits per heavy atom. The van der Waals surface area contributed by atoms with Gasteiger partial charge in [-0.3, -0.25) is 4.79 Å². The van der Waals surface area contributed by atoms with Crippen LogP contribution in [0.25, 0.3) is 11.3 Å². The Hall–Kier alpha value is -3.46. The lowest BCUT2D eigenvalue weighted by Gasteiger charge is -2.45. The summed E-state index contributed by atoms with van der Waals surface area (Å²) >= 11 is 0. The van der Waals surface area contributed by atoms with E-state index in [0.717, 1.165) is 76.7 Å². The molecule has 1 amide bonds. The van der Waals surface area contributed by atoms with E-state index in [2.05, 4.69) is 47.2 Å². The van der Waals surface area contributed by atoms with Gasteiger partial charge in [0.05, 0.1) is 0 Å². The lowest BCUT2D eigenvalue weighted by molar-refractivity contribution is 0.0823. The van der Waals surface area contributed by atoms with Gasteiger partial charge in [-0.2, -0.15) is 4.98 Å². The smallest absolute Gasteiger partial charge is 0.298 e. The summed E-state index contributed by atoms with van der Waals surface area (Å²) in [4.78, 5) is 23.4. The fourth-order valence-corrected chi connectivity index (χ4v) is 7.17. The van der Waals surface area contributed by atoms with Crippen LogP contribution in [0.3, 0.4) is 0 Å². The molecule has 4 heterocycles. The van der Waals surface area contributed by atoms with Gasteiger partial charge in [0.2, 0.25) is 0 Å². The first kappa shape index (κ1) is 28.6. The number of benzene rings is 2. The van der Waals surface area contributed by atoms with E-state index in [4.69, 9.17) is 4.42 Å². The van der Waals surface area contributed by atoms with Gasteiger partial charge in [-0.15, -0.1) is 0 Å². The van der Waals surface area contributed by atoms with Crippen molar-refractivity contribution in [2.24, 2.45) is 11.8 Å². The minimum absolute atomic E-state index is 0.0642. The number of nitrogens with one attached hydrogen (secondary N) is 1. The molecule has 7 nitrogen and oxygen atoms in total. The SMILES string of the molecule is Cc1ccc2c(c1)NCC21CCN(CCC2CCN(c3nc(C(=O)N(C)C)c(-c4cc(F)cc(F)c4)o3)CC2)CC1C. The fourth-order valence-electron chi connectivity index (χ4n) is 7.17. The molecule has 0 aliphatic carbocycles. The molecule has 0 saturated carbocycles. The number of piperidine rings is 2. The van der Waals surface area contributed by atoms with E-state index in [0.29, 0.717) is 17.9 Å². The second-order valence-electron chi connectivity index (χ2n) is 12.8. The zero-order valence-electron chi connectivity index (χ0n) is 25.1. The van der Waals surface area contributed by atoms with Gasteiger partial charge in [-0.25, -0.2) is 8.78 Å². The van der Waals surface area contributed by atoms with Crippen LogP contribution >= 0.6 is 0 Å². The monoisotopic (exact) mass is 577 g/mol. The van der Waals surface area contributed by atoms with Gasteiger partial charge < -0.3 is 24.4 Å². The van der Waals surface area contributed by atoms with Crippen molar-refractivity contribution in [1.82, 2.24) is 14.8 Å². The lowest BCUT2D eigenvalue weighted by Crippen LogP contribution is -2.50. The molecule has 1 aromatic heterocycles. The number of carbonyl (C=O) groups is 1. The summed E-state index contributed by atoms with van der Waals surface area (Å²) in [5.41, 5.74) is 4.60. The van der Waals surface area contributed by atoms with Crippen molar-refractivity contribution in [3.63, 3.8) is 0 Å². The minimum atomic E-state index is -0.731. The molecule has 0 radical (unpaired) electrons. The van der Waals surface area contributed by atoms with Crippen LogP contribution < -0.4 is 10.2 Å². The van der Waals surface area contributed by atoms with E-state index >= 15 is 0 Å². The molecule has 2 fully saturated rings. The maximum Gasteiger partial charge on any atom is 0.298 e. The third kappa shape index (κ3) is 5.39. The van der Waals surface area contributed by atoms with E-state index in [1.54, 1.807) is 14.1 Å². The summed E-state index contributed by atoms with van der Waals surface area (Å²) in [5.74, 6) is -0.538. The van der Waals surface area contributed by atoms with Crippen molar-refractivity contribution < 1.29 is 18.0 Å². The average molecular weight is 578 g/mol. The Balaban J connectivity index is 1.06. The molecule has 1 N–H and O–H groups in total. The number of carbonyl (C=O) groups excluding carboxylic acids is 1. The number of amides is 1. The number of fused-ring (bicyclic) bond motifs is 2. The average Bonchev–Trinajstić information content (AvgIpc) is 3.56. The van der Waals surface area contributed by atoms with E-state index < -0.39 is 11.6 Å². The molecule has 2 unspecified atom stereocenters. The summed E-state index contributed by atoms with van der Waals surface area (Å²) in [6.07, 6.45) is 4.36. The molecular weight excluding hydrogens is 536 g/mol. The molecule has 3 aromatic rings. The summed E-state index contributed by atoms with van der Waals surface area (Å²) in [6, 6.07) is 10.3. The van der Waals surface area contributed by atoms with Crippen LogP contribution in [0.4, 0.5) is 20.5 Å². The highest BCUT2D eigenvalue weighted by molar-refractivity contribution is 5.97. The lowest BCUT2D eigenvalue weighted by atomic mass is 9.67. The maximum absolute atomic E-state index is 14.0. The van der Waals surface area contributed by atoms with E-state index in [1.165, 1.54) is 28.1 Å². The number of likely N-dealkylation sites (tertiary alicyclic amines) is 1. The van der Waals surface area contributed by atoms with Crippen LogP contribution in [0.5, 0.6) is 0 Å². The molecule has 6 rings (SSSR count). The Labute approximate surface area is 246 Å². The van der Waals surface area contributed by atoms with E-state index in [1.807, 2.05) is 4.90 Å². The number of anilines is 2. The van der Waals surface area contributed by atoms with Gasteiger partial charge in [-0.05, 0) is 86.9 Å². The topological polar surface area (TPSA) is 64.8 Å². The predicted octanol–water partition coefficient (Wildman–Crippen LogP) is 5.94. The summed E-state index contributed by atoms with van der Waals surface area (Å²) < 4.78 is 34.0. The molecule has 3 aliphatic rings. The molecular formula is C33H41F2N5O2. The summed E-state index contributed by atoms with van der Waals surface area (Å²) in [7, 11) is 3.23. The number of halogens is 2. The van der Waals surface area contributed by atoms with Crippen molar-refractivity contribution in [3.05, 3.63) is 64.9 Å². The molecule has 224 valence electrons. The highest BCUT2D eigenvalue weighted by Crippen LogP contribution is 2.47. The van der Waals surface area contributed by atoms with Crippen molar-refractivity contribution in [3.8, 4) is 11.3 Å². The summed E-state index contributed by atoms with van der Waals surface area (Å²) in [5, 5.41) is 3.69. The highest BCUT2D eigenvalue weighted by Gasteiger charge is 2.46. The number of rotatable bonds is 6. The van der Waals surface area contributed by atoms with Gasteiger partial charge in [-0.1, -0.05) is 19.1 Å². The van der Waals surface area contributed by atoms with Crippen LogP contribution in [0.15, 0.2) is 40.8 Å². The number of aromatic nitrogens is 1. The Morgan fingerprint density at radius 3 is 2.55 bits per heavy atom. The van der Waals surface area contributed by atoms with Gasteiger partial charge in [0.25, 0.3) is 11.9 Å². The van der Waals surface area contributed by atoms with E-state index in [-0.39, 0.29) is 28.3 Å². The highest BCUT2D eigenvalue weighted by atomic mass is 19.1. The van der Waals surface area contributed by atoms with Crippen molar-refractivity contribution in [2.75, 3.05) is 63.6 Å². The Bertz CT molecular complexity index is 1440. The zero-order valence-corrected chi connectivity index (χ0v) is 25.1. The van der Waals surface area contributed by atoms with Crippen LogP contribution in [-0.2, 0) is 5.41 Å². The number of oxazole rings is 1. The number of aryl methyl sites for hydroxylation is 1. The molecule has 2 atom stereocenters. The number of nitrogens with zero attached hydrogens (tertiary/aromatic N) is 4. The molecule has 0 bridgehead atoms. The Morgan fingerprint density at radius 1 is 1.12 bits per heavy atom. The van der Waals surface area contributed by atoms with E-state index in [9.17, 15) is 13.6 Å². The molecule has 2 aromatic carbocycles. The van der Waals surface area contributed by atoms with Gasteiger partial charge in [0.15, 0.2) is 11.5 Å². The fraction of sp³-hybridized carbons (Fsp3) is 0.515. The van der Waals surface area contributed by atoms with Crippen molar-refractivity contribution >= 4 is 17.6 Å². The van der Waals surface area contributed by atoms with Crippen molar-refractivity contribution in [1.29, 1.82) is 0 Å². The second kappa shape index (κ2) is 11.3. The number of hydrogen-bond donors (Lipinski definition) is 1. The standard InChI is InChI=1S/C33H41F2N5O2/c1-21-5-6-27-28(15-21)36-20-33(27)10-14-39(19-22(33)2)11-7-23-8-12-40(13-9-23)32-37-29(31(41)38(3)4)30(42-32)24-16-25(34)18-26(35)17-24/h5-6,15-18,22-23,36H,7-14,19-20H2,1-4H3. The largest absolute Gasteiger partial charge is 0.423 e. The van der Waals surface area contributed by atoms with Gasteiger partial charge in [0, 0.05) is 63.0 Å². The zero-order chi connectivity index (χ0) is 29.6. The minimum Gasteiger partial charge on any atom is -0.423 e. The van der Waals surface area contributed by atoms with Crippen LogP contribution in [0.1, 0.15) is 54.2 Å². The molecule has 2 saturated heterocycles. The van der Waals surface area contributed by atoms with Crippen molar-refractivity contribution in [2.45, 2.75) is 44.9 Å². The molecule has 1 spiro atoms. The molecule has 9 heteroatoms. The molecule has 42 heavy (non-hydrogen) atoms. The first-order valence-electron chi connectivity index (χ1n) is 15.1. The third-order valence-electron chi connectivity index (χ3n) is 9.74. The quantitative estimate of drug-likeness (QED) is 0.391. The maximum atomic E-state index is 14.0. The van der Waals surface area contributed by atoms with Crippen LogP contribution in [0.2, 0.25) is 0 Å².